The molecule has 0 aliphatic carbocycles. The smallest absolute Gasteiger partial charge is 0.356 e. The predicted molar refractivity (Wildman–Crippen MR) is 126 cm³/mol. The summed E-state index contributed by atoms with van der Waals surface area (Å²) < 4.78 is 6.06. The van der Waals surface area contributed by atoms with E-state index in [1.54, 1.807) is 23.5 Å². The number of amides is 1. The molecule has 0 spiro atoms. The van der Waals surface area contributed by atoms with Gasteiger partial charge in [-0.15, -0.1) is 18.3 Å². The molecule has 1 unspecified atom stereocenters. The molecule has 1 amide bonds. The van der Waals surface area contributed by atoms with Crippen molar-refractivity contribution in [2.45, 2.75) is 17.5 Å². The Kier molecular flexibility index (Phi) is 6.85. The second kappa shape index (κ2) is 9.77. The topological polar surface area (TPSA) is 72.6 Å². The molecule has 160 valence electrons. The molecule has 2 aromatic carbocycles. The highest BCUT2D eigenvalue weighted by Gasteiger charge is 2.52. The number of hydrogen-bond donors (Lipinski definition) is 1. The SMILES string of the molecule is C=CCSCC1=C(C(=O)OC(c2ccccc2)c2ccccc2)N2C(=O)C(N)[C@H]2SC1. The monoisotopic (exact) mass is 452 g/mol. The van der Waals surface area contributed by atoms with E-state index in [4.69, 9.17) is 10.5 Å². The second-order valence-electron chi connectivity index (χ2n) is 7.30. The number of carbonyl (C=O) groups excluding carboxylic acids is 2. The number of thioether (sulfide) groups is 2. The number of β-lactam (4-membered cyclic amide) rings is 1. The van der Waals surface area contributed by atoms with Gasteiger partial charge in [-0.3, -0.25) is 9.69 Å². The number of benzene rings is 2. The van der Waals surface area contributed by atoms with Gasteiger partial charge in [0.2, 0.25) is 5.91 Å². The van der Waals surface area contributed by atoms with Crippen molar-refractivity contribution in [3.05, 3.63) is 95.7 Å². The van der Waals surface area contributed by atoms with E-state index in [1.807, 2.05) is 66.7 Å². The quantitative estimate of drug-likeness (QED) is 0.285. The van der Waals surface area contributed by atoms with Crippen LogP contribution in [-0.2, 0) is 14.3 Å². The summed E-state index contributed by atoms with van der Waals surface area (Å²) in [7, 11) is 0. The summed E-state index contributed by atoms with van der Waals surface area (Å²) in [5.41, 5.74) is 8.98. The van der Waals surface area contributed by atoms with E-state index in [9.17, 15) is 9.59 Å². The van der Waals surface area contributed by atoms with Gasteiger partial charge in [0.05, 0.1) is 0 Å². The highest BCUT2D eigenvalue weighted by Crippen LogP contribution is 2.41. The van der Waals surface area contributed by atoms with Crippen LogP contribution in [0.2, 0.25) is 0 Å². The number of fused-ring (bicyclic) bond motifs is 1. The molecule has 2 aromatic rings. The van der Waals surface area contributed by atoms with Crippen LogP contribution in [-0.4, -0.2) is 45.5 Å². The van der Waals surface area contributed by atoms with Crippen molar-refractivity contribution in [2.24, 2.45) is 5.73 Å². The standard InChI is InChI=1S/C24H24N2O3S2/c1-2-13-30-14-18-15-31-23-19(25)22(27)26(23)20(18)24(28)29-21(16-9-5-3-6-10-16)17-11-7-4-8-12-17/h2-12,19,21,23H,1,13-15,25H2/t19?,23-/m1/s1. The van der Waals surface area contributed by atoms with Gasteiger partial charge in [-0.25, -0.2) is 4.79 Å². The summed E-state index contributed by atoms with van der Waals surface area (Å²) >= 11 is 3.25. The number of nitrogens with two attached hydrogens (primary N) is 1. The van der Waals surface area contributed by atoms with Gasteiger partial charge in [-0.05, 0) is 16.7 Å². The lowest BCUT2D eigenvalue weighted by atomic mass is 10.0. The van der Waals surface area contributed by atoms with Gasteiger partial charge >= 0.3 is 5.97 Å². The van der Waals surface area contributed by atoms with Crippen LogP contribution in [0, 0.1) is 0 Å². The van der Waals surface area contributed by atoms with Crippen LogP contribution in [0.15, 0.2) is 84.6 Å². The van der Waals surface area contributed by atoms with Crippen LogP contribution < -0.4 is 5.73 Å². The van der Waals surface area contributed by atoms with E-state index in [0.29, 0.717) is 17.2 Å². The first-order valence-electron chi connectivity index (χ1n) is 10.0. The first-order valence-corrected chi connectivity index (χ1v) is 12.2. The average Bonchev–Trinajstić information content (AvgIpc) is 2.82. The molecule has 7 heteroatoms. The fourth-order valence-corrected chi connectivity index (χ4v) is 5.88. The Hall–Kier alpha value is -2.48. The van der Waals surface area contributed by atoms with Crippen molar-refractivity contribution in [3.63, 3.8) is 0 Å². The fraction of sp³-hybridized carbons (Fsp3) is 0.250. The highest BCUT2D eigenvalue weighted by atomic mass is 32.2. The Morgan fingerprint density at radius 2 is 1.81 bits per heavy atom. The molecule has 4 rings (SSSR count). The zero-order chi connectivity index (χ0) is 21.8. The molecule has 0 bridgehead atoms. The Morgan fingerprint density at radius 1 is 1.19 bits per heavy atom. The third-order valence-electron chi connectivity index (χ3n) is 5.22. The lowest BCUT2D eigenvalue weighted by molar-refractivity contribution is -0.153. The van der Waals surface area contributed by atoms with Crippen LogP contribution >= 0.6 is 23.5 Å². The summed E-state index contributed by atoms with van der Waals surface area (Å²) in [6.07, 6.45) is 1.26. The van der Waals surface area contributed by atoms with Crippen molar-refractivity contribution in [3.8, 4) is 0 Å². The van der Waals surface area contributed by atoms with Crippen molar-refractivity contribution >= 4 is 35.4 Å². The van der Waals surface area contributed by atoms with Gasteiger partial charge in [0.15, 0.2) is 6.10 Å². The minimum atomic E-state index is -0.575. The molecule has 2 heterocycles. The van der Waals surface area contributed by atoms with Gasteiger partial charge in [0.25, 0.3) is 0 Å². The van der Waals surface area contributed by atoms with Crippen molar-refractivity contribution < 1.29 is 14.3 Å². The minimum absolute atomic E-state index is 0.213. The molecule has 2 aliphatic rings. The zero-order valence-electron chi connectivity index (χ0n) is 17.0. The maximum Gasteiger partial charge on any atom is 0.356 e. The van der Waals surface area contributed by atoms with Gasteiger partial charge in [-0.2, -0.15) is 11.8 Å². The number of rotatable bonds is 8. The molecule has 31 heavy (non-hydrogen) atoms. The minimum Gasteiger partial charge on any atom is -0.448 e. The van der Waals surface area contributed by atoms with E-state index in [-0.39, 0.29) is 11.3 Å². The Bertz CT molecular complexity index is 955. The van der Waals surface area contributed by atoms with E-state index in [2.05, 4.69) is 6.58 Å². The molecular weight excluding hydrogens is 428 g/mol. The Labute approximate surface area is 190 Å². The van der Waals surface area contributed by atoms with Crippen molar-refractivity contribution in [2.75, 3.05) is 17.3 Å². The van der Waals surface area contributed by atoms with Crippen molar-refractivity contribution in [1.29, 1.82) is 0 Å². The average molecular weight is 453 g/mol. The van der Waals surface area contributed by atoms with E-state index >= 15 is 0 Å². The van der Waals surface area contributed by atoms with Gasteiger partial charge < -0.3 is 10.5 Å². The lowest BCUT2D eigenvalue weighted by Gasteiger charge is -2.48. The normalized spacial score (nSPS) is 20.3. The Morgan fingerprint density at radius 3 is 2.39 bits per heavy atom. The number of hydrogen-bond acceptors (Lipinski definition) is 6. The maximum absolute atomic E-state index is 13.5. The first kappa shape index (κ1) is 21.7. The van der Waals surface area contributed by atoms with E-state index in [0.717, 1.165) is 22.5 Å². The molecule has 2 aliphatic heterocycles. The summed E-state index contributed by atoms with van der Waals surface area (Å²) in [6, 6.07) is 18.7. The van der Waals surface area contributed by atoms with E-state index < -0.39 is 18.1 Å². The molecule has 1 saturated heterocycles. The van der Waals surface area contributed by atoms with Gasteiger partial charge in [0, 0.05) is 17.3 Å². The summed E-state index contributed by atoms with van der Waals surface area (Å²) in [4.78, 5) is 27.5. The molecule has 0 radical (unpaired) electrons. The molecule has 0 saturated carbocycles. The number of nitrogens with zero attached hydrogens (tertiary/aromatic N) is 1. The molecule has 5 nitrogen and oxygen atoms in total. The Balaban J connectivity index is 1.66. The van der Waals surface area contributed by atoms with E-state index in [1.165, 1.54) is 4.90 Å². The molecular formula is C24H24N2O3S2. The number of esters is 1. The highest BCUT2D eigenvalue weighted by molar-refractivity contribution is 8.01. The van der Waals surface area contributed by atoms with Crippen LogP contribution in [0.25, 0.3) is 0 Å². The molecule has 1 fully saturated rings. The lowest BCUT2D eigenvalue weighted by Crippen LogP contribution is -2.68. The second-order valence-corrected chi connectivity index (χ2v) is 9.43. The van der Waals surface area contributed by atoms with Crippen LogP contribution in [0.4, 0.5) is 0 Å². The van der Waals surface area contributed by atoms with Crippen molar-refractivity contribution in [1.82, 2.24) is 4.90 Å². The van der Waals surface area contributed by atoms with Crippen LogP contribution in [0.5, 0.6) is 0 Å². The maximum atomic E-state index is 13.5. The third kappa shape index (κ3) is 4.44. The van der Waals surface area contributed by atoms with Crippen LogP contribution in [0.1, 0.15) is 17.2 Å². The number of carbonyl (C=O) groups is 2. The van der Waals surface area contributed by atoms with Gasteiger partial charge in [0.1, 0.15) is 17.1 Å². The van der Waals surface area contributed by atoms with Crippen LogP contribution in [0.3, 0.4) is 0 Å². The number of ether oxygens (including phenoxy) is 1. The zero-order valence-corrected chi connectivity index (χ0v) is 18.6. The summed E-state index contributed by atoms with van der Waals surface area (Å²) in [6.45, 7) is 3.75. The third-order valence-corrected chi connectivity index (χ3v) is 7.61. The first-order chi connectivity index (χ1) is 15.1. The molecule has 2 atom stereocenters. The predicted octanol–water partition coefficient (Wildman–Crippen LogP) is 3.73. The summed E-state index contributed by atoms with van der Waals surface area (Å²) in [5, 5.41) is -0.213. The molecule has 2 N–H and O–H groups in total. The largest absolute Gasteiger partial charge is 0.448 e. The fourth-order valence-electron chi connectivity index (χ4n) is 3.69. The van der Waals surface area contributed by atoms with Gasteiger partial charge in [-0.1, -0.05) is 66.7 Å². The summed E-state index contributed by atoms with van der Waals surface area (Å²) in [5.74, 6) is 1.34. The molecule has 0 aromatic heterocycles.